The van der Waals surface area contributed by atoms with E-state index in [1.54, 1.807) is 42.0 Å². The van der Waals surface area contributed by atoms with Crippen molar-refractivity contribution >= 4 is 45.9 Å². The molecule has 1 heterocycles. The SMILES string of the molecule is COc1ccc2c(c1)c(CC(=O)NCCc1ccc(NC(=O)C3=CC=CC3)cc1)c(C)n2C(=O)c1ccc(Cl)cc1. The van der Waals surface area contributed by atoms with Gasteiger partial charge >= 0.3 is 0 Å². The Morgan fingerprint density at radius 2 is 1.76 bits per heavy atom. The lowest BCUT2D eigenvalue weighted by Gasteiger charge is -2.09. The van der Waals surface area contributed by atoms with Crippen LogP contribution >= 0.6 is 11.6 Å². The first-order valence-electron chi connectivity index (χ1n) is 13.3. The number of nitrogens with zero attached hydrogens (tertiary/aromatic N) is 1. The Morgan fingerprint density at radius 3 is 2.44 bits per heavy atom. The van der Waals surface area contributed by atoms with Crippen LogP contribution in [0.2, 0.25) is 5.02 Å². The molecule has 2 N–H and O–H groups in total. The Balaban J connectivity index is 1.25. The van der Waals surface area contributed by atoms with Crippen molar-refractivity contribution in [1.82, 2.24) is 9.88 Å². The van der Waals surface area contributed by atoms with Crippen LogP contribution in [-0.4, -0.2) is 35.9 Å². The van der Waals surface area contributed by atoms with Gasteiger partial charge in [-0.05, 0) is 85.5 Å². The van der Waals surface area contributed by atoms with Gasteiger partial charge in [0, 0.05) is 39.5 Å². The minimum Gasteiger partial charge on any atom is -0.497 e. The van der Waals surface area contributed by atoms with Crippen LogP contribution in [-0.2, 0) is 22.4 Å². The lowest BCUT2D eigenvalue weighted by atomic mass is 10.1. The van der Waals surface area contributed by atoms with E-state index >= 15 is 0 Å². The number of aromatic nitrogens is 1. The zero-order chi connectivity index (χ0) is 28.9. The van der Waals surface area contributed by atoms with Gasteiger partial charge in [0.2, 0.25) is 5.91 Å². The maximum absolute atomic E-state index is 13.5. The molecule has 2 amide bonds. The maximum Gasteiger partial charge on any atom is 0.262 e. The molecule has 0 aliphatic heterocycles. The van der Waals surface area contributed by atoms with Gasteiger partial charge in [0.15, 0.2) is 0 Å². The van der Waals surface area contributed by atoms with Gasteiger partial charge in [-0.1, -0.05) is 42.0 Å². The second-order valence-electron chi connectivity index (χ2n) is 9.85. The van der Waals surface area contributed by atoms with Crippen LogP contribution in [0, 0.1) is 6.92 Å². The number of halogens is 1. The highest BCUT2D eigenvalue weighted by Crippen LogP contribution is 2.31. The molecule has 7 nitrogen and oxygen atoms in total. The number of rotatable bonds is 9. The number of hydrogen-bond acceptors (Lipinski definition) is 4. The Hall–Kier alpha value is -4.62. The first kappa shape index (κ1) is 27.9. The predicted molar refractivity (Wildman–Crippen MR) is 162 cm³/mol. The molecule has 0 fully saturated rings. The first-order valence-corrected chi connectivity index (χ1v) is 13.7. The summed E-state index contributed by atoms with van der Waals surface area (Å²) < 4.78 is 7.06. The molecule has 1 aliphatic carbocycles. The van der Waals surface area contributed by atoms with Gasteiger partial charge in [-0.25, -0.2) is 0 Å². The van der Waals surface area contributed by atoms with Gasteiger partial charge in [-0.15, -0.1) is 0 Å². The summed E-state index contributed by atoms with van der Waals surface area (Å²) >= 11 is 6.02. The van der Waals surface area contributed by atoms with Crippen LogP contribution in [0.5, 0.6) is 5.75 Å². The zero-order valence-electron chi connectivity index (χ0n) is 22.9. The second kappa shape index (κ2) is 12.3. The molecule has 0 spiro atoms. The number of nitrogens with one attached hydrogen (secondary N) is 2. The highest BCUT2D eigenvalue weighted by Gasteiger charge is 2.22. The van der Waals surface area contributed by atoms with E-state index in [9.17, 15) is 14.4 Å². The highest BCUT2D eigenvalue weighted by atomic mass is 35.5. The van der Waals surface area contributed by atoms with Gasteiger partial charge < -0.3 is 15.4 Å². The normalized spacial score (nSPS) is 12.3. The summed E-state index contributed by atoms with van der Waals surface area (Å²) in [6, 6.07) is 19.9. The van der Waals surface area contributed by atoms with Crippen molar-refractivity contribution in [3.63, 3.8) is 0 Å². The molecule has 4 aromatic rings. The van der Waals surface area contributed by atoms with E-state index in [2.05, 4.69) is 10.6 Å². The van der Waals surface area contributed by atoms with E-state index in [1.165, 1.54) is 0 Å². The standard InChI is InChI=1S/C33H30ClN3O4/c1-21-28(29-19-27(41-2)15-16-30(29)37(21)33(40)24-9-11-25(34)12-10-24)20-31(38)35-18-17-22-7-13-26(14-8-22)36-32(39)23-5-3-4-6-23/h3-5,7-16,19H,6,17-18,20H2,1-2H3,(H,35,38)(H,36,39). The largest absolute Gasteiger partial charge is 0.497 e. The van der Waals surface area contributed by atoms with Gasteiger partial charge in [0.25, 0.3) is 11.8 Å². The number of fused-ring (bicyclic) bond motifs is 1. The second-order valence-corrected chi connectivity index (χ2v) is 10.3. The molecule has 0 bridgehead atoms. The van der Waals surface area contributed by atoms with Crippen LogP contribution in [0.3, 0.4) is 0 Å². The van der Waals surface area contributed by atoms with Gasteiger partial charge in [-0.3, -0.25) is 19.0 Å². The van der Waals surface area contributed by atoms with Crippen molar-refractivity contribution in [2.45, 2.75) is 26.2 Å². The third-order valence-electron chi connectivity index (χ3n) is 7.18. The molecule has 5 rings (SSSR count). The summed E-state index contributed by atoms with van der Waals surface area (Å²) in [5.74, 6) is 0.208. The fraction of sp³-hybridized carbons (Fsp3) is 0.182. The van der Waals surface area contributed by atoms with Crippen LogP contribution in [0.4, 0.5) is 5.69 Å². The number of ether oxygens (including phenoxy) is 1. The van der Waals surface area contributed by atoms with Crippen molar-refractivity contribution in [2.24, 2.45) is 0 Å². The Labute approximate surface area is 243 Å². The number of hydrogen-bond donors (Lipinski definition) is 2. The van der Waals surface area contributed by atoms with E-state index in [-0.39, 0.29) is 24.1 Å². The summed E-state index contributed by atoms with van der Waals surface area (Å²) in [7, 11) is 1.58. The third-order valence-corrected chi connectivity index (χ3v) is 7.44. The molecule has 208 valence electrons. The molecule has 0 atom stereocenters. The summed E-state index contributed by atoms with van der Waals surface area (Å²) in [5, 5.41) is 7.25. The van der Waals surface area contributed by atoms with Crippen molar-refractivity contribution < 1.29 is 19.1 Å². The van der Waals surface area contributed by atoms with Crippen molar-refractivity contribution in [1.29, 1.82) is 0 Å². The van der Waals surface area contributed by atoms with Gasteiger partial charge in [0.1, 0.15) is 5.75 Å². The summed E-state index contributed by atoms with van der Waals surface area (Å²) in [6.07, 6.45) is 7.05. The Bertz CT molecular complexity index is 1680. The molecule has 41 heavy (non-hydrogen) atoms. The predicted octanol–water partition coefficient (Wildman–Crippen LogP) is 6.03. The Morgan fingerprint density at radius 1 is 1.00 bits per heavy atom. The summed E-state index contributed by atoms with van der Waals surface area (Å²) in [6.45, 7) is 2.30. The summed E-state index contributed by atoms with van der Waals surface area (Å²) in [4.78, 5) is 38.8. The monoisotopic (exact) mass is 567 g/mol. The molecule has 1 aliphatic rings. The quantitative estimate of drug-likeness (QED) is 0.258. The van der Waals surface area contributed by atoms with E-state index in [4.69, 9.17) is 16.3 Å². The number of benzene rings is 3. The minimum absolute atomic E-state index is 0.0980. The van der Waals surface area contributed by atoms with Crippen molar-refractivity contribution in [3.8, 4) is 5.75 Å². The number of amides is 2. The molecule has 0 radical (unpaired) electrons. The fourth-order valence-corrected chi connectivity index (χ4v) is 5.07. The molecule has 0 saturated carbocycles. The smallest absolute Gasteiger partial charge is 0.262 e. The zero-order valence-corrected chi connectivity index (χ0v) is 23.6. The topological polar surface area (TPSA) is 89.4 Å². The van der Waals surface area contributed by atoms with E-state index in [1.807, 2.05) is 61.5 Å². The van der Waals surface area contributed by atoms with E-state index in [0.29, 0.717) is 46.9 Å². The number of allylic oxidation sites excluding steroid dienone is 3. The lowest BCUT2D eigenvalue weighted by molar-refractivity contribution is -0.120. The molecule has 0 saturated heterocycles. The molecular weight excluding hydrogens is 538 g/mol. The van der Waals surface area contributed by atoms with Gasteiger partial charge in [0.05, 0.1) is 19.0 Å². The molecule has 3 aromatic carbocycles. The lowest BCUT2D eigenvalue weighted by Crippen LogP contribution is -2.27. The average Bonchev–Trinajstić information content (AvgIpc) is 3.61. The number of methoxy groups -OCH3 is 1. The van der Waals surface area contributed by atoms with Gasteiger partial charge in [-0.2, -0.15) is 0 Å². The van der Waals surface area contributed by atoms with Crippen LogP contribution in [0.25, 0.3) is 10.9 Å². The Kier molecular flexibility index (Phi) is 8.36. The number of carbonyl (C=O) groups excluding carboxylic acids is 3. The number of carbonyl (C=O) groups is 3. The van der Waals surface area contributed by atoms with Crippen LogP contribution in [0.1, 0.15) is 33.6 Å². The molecular formula is C33H30ClN3O4. The third kappa shape index (κ3) is 6.26. The van der Waals surface area contributed by atoms with Crippen LogP contribution < -0.4 is 15.4 Å². The van der Waals surface area contributed by atoms with E-state index < -0.39 is 0 Å². The highest BCUT2D eigenvalue weighted by molar-refractivity contribution is 6.30. The fourth-order valence-electron chi connectivity index (χ4n) is 4.95. The molecule has 1 aromatic heterocycles. The molecule has 8 heteroatoms. The van der Waals surface area contributed by atoms with Crippen molar-refractivity contribution in [3.05, 3.63) is 118 Å². The summed E-state index contributed by atoms with van der Waals surface area (Å²) in [5.41, 5.74) is 5.18. The minimum atomic E-state index is -0.197. The molecule has 0 unspecified atom stereocenters. The van der Waals surface area contributed by atoms with Crippen molar-refractivity contribution in [2.75, 3.05) is 19.0 Å². The van der Waals surface area contributed by atoms with Crippen LogP contribution in [0.15, 0.2) is 90.5 Å². The average molecular weight is 568 g/mol. The first-order chi connectivity index (χ1) is 19.8. The maximum atomic E-state index is 13.5. The number of anilines is 1. The van der Waals surface area contributed by atoms with E-state index in [0.717, 1.165) is 27.8 Å².